The second kappa shape index (κ2) is 2.95. The largest absolute Gasteiger partial charge is 0.344 e. The summed E-state index contributed by atoms with van der Waals surface area (Å²) in [6.45, 7) is 1.92. The highest BCUT2D eigenvalue weighted by molar-refractivity contribution is 14.1. The van der Waals surface area contributed by atoms with Crippen LogP contribution < -0.4 is 0 Å². The number of hydrogen-bond donors (Lipinski definition) is 1. The van der Waals surface area contributed by atoms with Gasteiger partial charge in [0.15, 0.2) is 5.65 Å². The molecule has 0 aliphatic heterocycles. The molecule has 5 heteroatoms. The molecular weight excluding hydrogens is 333 g/mol. The van der Waals surface area contributed by atoms with E-state index in [0.29, 0.717) is 0 Å². The zero-order valence-corrected chi connectivity index (χ0v) is 9.97. The van der Waals surface area contributed by atoms with Gasteiger partial charge in [0.2, 0.25) is 0 Å². The molecule has 0 aliphatic rings. The molecule has 3 nitrogen and oxygen atoms in total. The molecule has 0 aromatic carbocycles. The third-order valence-electron chi connectivity index (χ3n) is 1.57. The molecule has 0 spiro atoms. The summed E-state index contributed by atoms with van der Waals surface area (Å²) in [7, 11) is 0. The Hall–Kier alpha value is -0.170. The fourth-order valence-corrected chi connectivity index (χ4v) is 1.76. The molecule has 0 aliphatic carbocycles. The normalized spacial score (nSPS) is 10.9. The Balaban J connectivity index is 2.87. The van der Waals surface area contributed by atoms with E-state index in [1.165, 1.54) is 0 Å². The maximum absolute atomic E-state index is 4.35. The van der Waals surface area contributed by atoms with Gasteiger partial charge in [0, 0.05) is 6.20 Å². The molecule has 2 rings (SSSR count). The van der Waals surface area contributed by atoms with E-state index in [1.54, 1.807) is 0 Å². The maximum Gasteiger partial charge on any atom is 0.157 e. The average molecular weight is 338 g/mol. The van der Waals surface area contributed by atoms with E-state index in [-0.39, 0.29) is 0 Å². The highest BCUT2D eigenvalue weighted by Crippen LogP contribution is 2.20. The summed E-state index contributed by atoms with van der Waals surface area (Å²) in [6, 6.07) is 0. The minimum Gasteiger partial charge on any atom is -0.344 e. The van der Waals surface area contributed by atoms with Crippen LogP contribution in [0.15, 0.2) is 10.8 Å². The summed E-state index contributed by atoms with van der Waals surface area (Å²) < 4.78 is 1.91. The van der Waals surface area contributed by atoms with E-state index in [1.807, 2.05) is 13.1 Å². The third-order valence-corrected chi connectivity index (χ3v) is 3.15. The van der Waals surface area contributed by atoms with Crippen LogP contribution in [0.2, 0.25) is 0 Å². The first-order valence-electron chi connectivity index (χ1n) is 3.35. The van der Waals surface area contributed by atoms with Gasteiger partial charge in [-0.25, -0.2) is 9.97 Å². The molecule has 0 bridgehead atoms. The van der Waals surface area contributed by atoms with Gasteiger partial charge in [-0.15, -0.1) is 0 Å². The van der Waals surface area contributed by atoms with Gasteiger partial charge in [-0.05, 0) is 45.4 Å². The van der Waals surface area contributed by atoms with Gasteiger partial charge in [0.25, 0.3) is 0 Å². The van der Waals surface area contributed by atoms with Crippen molar-refractivity contribution in [2.24, 2.45) is 0 Å². The van der Waals surface area contributed by atoms with Crippen LogP contribution in [-0.2, 0) is 0 Å². The van der Waals surface area contributed by atoms with Gasteiger partial charge < -0.3 is 4.98 Å². The summed E-state index contributed by atoms with van der Waals surface area (Å²) >= 11 is 5.57. The summed E-state index contributed by atoms with van der Waals surface area (Å²) in [6.07, 6.45) is 1.90. The zero-order valence-electron chi connectivity index (χ0n) is 6.23. The Morgan fingerprint density at radius 2 is 2.25 bits per heavy atom. The van der Waals surface area contributed by atoms with Crippen LogP contribution in [-0.4, -0.2) is 15.0 Å². The van der Waals surface area contributed by atoms with E-state index >= 15 is 0 Å². The predicted octanol–water partition coefficient (Wildman–Crippen LogP) is 2.63. The lowest BCUT2D eigenvalue weighted by molar-refractivity contribution is 1.13. The lowest BCUT2D eigenvalue weighted by Gasteiger charge is -1.95. The Kier molecular flexibility index (Phi) is 2.07. The SMILES string of the molecule is Cc1nc2[nH]cc(I)c2nc1Br. The zero-order chi connectivity index (χ0) is 8.72. The fraction of sp³-hybridized carbons (Fsp3) is 0.143. The Bertz CT molecular complexity index is 437. The number of halogens is 2. The van der Waals surface area contributed by atoms with Crippen LogP contribution >= 0.6 is 38.5 Å². The Labute approximate surface area is 91.3 Å². The molecule has 0 saturated heterocycles. The lowest BCUT2D eigenvalue weighted by atomic mass is 10.5. The fourth-order valence-electron chi connectivity index (χ4n) is 0.966. The van der Waals surface area contributed by atoms with E-state index < -0.39 is 0 Å². The molecule has 0 fully saturated rings. The van der Waals surface area contributed by atoms with Crippen LogP contribution in [0.25, 0.3) is 11.2 Å². The number of fused-ring (bicyclic) bond motifs is 1. The van der Waals surface area contributed by atoms with Crippen LogP contribution in [0, 0.1) is 10.5 Å². The van der Waals surface area contributed by atoms with Crippen LogP contribution in [0.5, 0.6) is 0 Å². The molecular formula is C7H5BrIN3. The van der Waals surface area contributed by atoms with Gasteiger partial charge in [-0.3, -0.25) is 0 Å². The van der Waals surface area contributed by atoms with Crippen molar-refractivity contribution in [2.45, 2.75) is 6.92 Å². The molecule has 62 valence electrons. The van der Waals surface area contributed by atoms with Gasteiger partial charge >= 0.3 is 0 Å². The summed E-state index contributed by atoms with van der Waals surface area (Å²) in [5.74, 6) is 0. The molecule has 0 unspecified atom stereocenters. The first kappa shape index (κ1) is 8.43. The number of nitrogens with one attached hydrogen (secondary N) is 1. The molecule has 2 heterocycles. The summed E-state index contributed by atoms with van der Waals surface area (Å²) in [5, 5.41) is 0. The molecule has 0 amide bonds. The molecule has 0 saturated carbocycles. The second-order valence-corrected chi connectivity index (χ2v) is 4.35. The van der Waals surface area contributed by atoms with E-state index in [9.17, 15) is 0 Å². The van der Waals surface area contributed by atoms with Crippen molar-refractivity contribution in [3.8, 4) is 0 Å². The molecule has 1 N–H and O–H groups in total. The first-order valence-corrected chi connectivity index (χ1v) is 5.22. The lowest BCUT2D eigenvalue weighted by Crippen LogP contribution is -1.88. The summed E-state index contributed by atoms with van der Waals surface area (Å²) in [4.78, 5) is 11.7. The van der Waals surface area contributed by atoms with Crippen molar-refractivity contribution in [1.29, 1.82) is 0 Å². The van der Waals surface area contributed by atoms with Crippen LogP contribution in [0.4, 0.5) is 0 Å². The number of aryl methyl sites for hydroxylation is 1. The number of nitrogens with zero attached hydrogens (tertiary/aromatic N) is 2. The van der Waals surface area contributed by atoms with Crippen LogP contribution in [0.1, 0.15) is 5.69 Å². The molecule has 2 aromatic heterocycles. The predicted molar refractivity (Wildman–Crippen MR) is 59.0 cm³/mol. The third kappa shape index (κ3) is 1.24. The molecule has 0 atom stereocenters. The first-order chi connectivity index (χ1) is 5.68. The number of rotatable bonds is 0. The standard InChI is InChI=1S/C7H5BrIN3/c1-3-6(8)12-5-4(9)2-10-7(5)11-3/h2H,1H3,(H,10,11). The van der Waals surface area contributed by atoms with Crippen molar-refractivity contribution < 1.29 is 0 Å². The quantitative estimate of drug-likeness (QED) is 0.751. The Morgan fingerprint density at radius 1 is 1.50 bits per heavy atom. The summed E-state index contributed by atoms with van der Waals surface area (Å²) in [5.41, 5.74) is 2.67. The Morgan fingerprint density at radius 3 is 3.00 bits per heavy atom. The van der Waals surface area contributed by atoms with Gasteiger partial charge in [0.1, 0.15) is 10.1 Å². The maximum atomic E-state index is 4.35. The number of hydrogen-bond acceptors (Lipinski definition) is 2. The highest BCUT2D eigenvalue weighted by atomic mass is 127. The minimum atomic E-state index is 0.813. The van der Waals surface area contributed by atoms with Crippen molar-refractivity contribution >= 4 is 49.7 Å². The topological polar surface area (TPSA) is 41.6 Å². The minimum absolute atomic E-state index is 0.813. The molecule has 0 radical (unpaired) electrons. The van der Waals surface area contributed by atoms with Crippen molar-refractivity contribution in [1.82, 2.24) is 15.0 Å². The van der Waals surface area contributed by atoms with E-state index in [0.717, 1.165) is 25.0 Å². The highest BCUT2D eigenvalue weighted by Gasteiger charge is 2.06. The molecule has 12 heavy (non-hydrogen) atoms. The van der Waals surface area contributed by atoms with Crippen molar-refractivity contribution in [2.75, 3.05) is 0 Å². The number of aromatic nitrogens is 3. The van der Waals surface area contributed by atoms with Gasteiger partial charge in [0.05, 0.1) is 9.26 Å². The molecule has 2 aromatic rings. The number of H-pyrrole nitrogens is 1. The van der Waals surface area contributed by atoms with E-state index in [4.69, 9.17) is 0 Å². The second-order valence-electron chi connectivity index (χ2n) is 2.43. The van der Waals surface area contributed by atoms with Crippen LogP contribution in [0.3, 0.4) is 0 Å². The smallest absolute Gasteiger partial charge is 0.157 e. The number of aromatic amines is 1. The van der Waals surface area contributed by atoms with Gasteiger partial charge in [-0.2, -0.15) is 0 Å². The average Bonchev–Trinajstić information content (AvgIpc) is 2.35. The van der Waals surface area contributed by atoms with Crippen molar-refractivity contribution in [3.05, 3.63) is 20.1 Å². The van der Waals surface area contributed by atoms with Gasteiger partial charge in [-0.1, -0.05) is 0 Å². The van der Waals surface area contributed by atoms with Crippen molar-refractivity contribution in [3.63, 3.8) is 0 Å². The monoisotopic (exact) mass is 337 g/mol. The van der Waals surface area contributed by atoms with E-state index in [2.05, 4.69) is 53.5 Å².